The van der Waals surface area contributed by atoms with E-state index in [9.17, 15) is 44.5 Å². The first-order chi connectivity index (χ1) is 21.6. The summed E-state index contributed by atoms with van der Waals surface area (Å²) in [6.07, 6.45) is 1.38. The minimum absolute atomic E-state index is 0.000588. The van der Waals surface area contributed by atoms with E-state index in [1.165, 1.54) is 37.2 Å². The molecule has 2 aliphatic heterocycles. The number of nitro groups is 2. The lowest BCUT2D eigenvalue weighted by molar-refractivity contribution is -0.392. The number of imide groups is 2. The van der Waals surface area contributed by atoms with Gasteiger partial charge in [-0.15, -0.1) is 23.2 Å². The summed E-state index contributed by atoms with van der Waals surface area (Å²) in [5, 5.41) is 34.3. The zero-order valence-electron chi connectivity index (χ0n) is 24.1. The van der Waals surface area contributed by atoms with Gasteiger partial charge in [0.05, 0.1) is 32.8 Å². The molecule has 6 rings (SSSR count). The molecule has 6 unspecified atom stereocenters. The van der Waals surface area contributed by atoms with E-state index in [2.05, 4.69) is 15.9 Å². The molecule has 4 aliphatic rings. The second-order valence-corrected chi connectivity index (χ2v) is 13.6. The highest BCUT2D eigenvalue weighted by Crippen LogP contribution is 2.65. The van der Waals surface area contributed by atoms with Crippen LogP contribution in [-0.2, 0) is 19.2 Å². The molecule has 0 spiro atoms. The summed E-state index contributed by atoms with van der Waals surface area (Å²) in [7, 11) is 2.78. The van der Waals surface area contributed by atoms with Gasteiger partial charge in [0.1, 0.15) is 5.75 Å². The number of halogens is 3. The number of phenols is 1. The molecule has 6 atom stereocenters. The first kappa shape index (κ1) is 31.9. The standard InChI is InChI=1S/C29H24BrCl2N5O9/c1-33(2)23-19(36(43)44)9-14(10-20(23)37(45)46)35-24(39)17-7-6-16-18(21(17)25(35)40)11-28(31)26(41)34(12-30)27(42)29(28,32)22(16)13-4-3-5-15(38)8-13/h3-6,8-10,17-18,21-22,38H,7,11-12H2,1-2H3. The summed E-state index contributed by atoms with van der Waals surface area (Å²) in [6, 6.07) is 7.82. The number of nitro benzene ring substituents is 2. The van der Waals surface area contributed by atoms with Gasteiger partial charge in [-0.25, -0.2) is 4.90 Å². The molecule has 1 N–H and O–H groups in total. The van der Waals surface area contributed by atoms with Gasteiger partial charge in [0.15, 0.2) is 15.4 Å². The van der Waals surface area contributed by atoms with E-state index < -0.39 is 78.3 Å². The van der Waals surface area contributed by atoms with Crippen molar-refractivity contribution in [1.82, 2.24) is 4.90 Å². The molecule has 0 aromatic heterocycles. The molecule has 2 aromatic rings. The van der Waals surface area contributed by atoms with Gasteiger partial charge in [-0.05, 0) is 36.5 Å². The number of carbonyl (C=O) groups excluding carboxylic acids is 4. The molecule has 2 saturated heterocycles. The van der Waals surface area contributed by atoms with Crippen LogP contribution >= 0.6 is 39.1 Å². The Morgan fingerprint density at radius 2 is 1.63 bits per heavy atom. The van der Waals surface area contributed by atoms with Crippen LogP contribution in [0.1, 0.15) is 24.3 Å². The number of allylic oxidation sites excluding steroid dienone is 2. The predicted octanol–water partition coefficient (Wildman–Crippen LogP) is 4.19. The molecule has 1 saturated carbocycles. The van der Waals surface area contributed by atoms with Crippen LogP contribution in [0.3, 0.4) is 0 Å². The molecule has 3 fully saturated rings. The van der Waals surface area contributed by atoms with Gasteiger partial charge in [-0.2, -0.15) is 0 Å². The number of hydrogen-bond acceptors (Lipinski definition) is 10. The van der Waals surface area contributed by atoms with E-state index in [1.807, 2.05) is 0 Å². The monoisotopic (exact) mass is 735 g/mol. The van der Waals surface area contributed by atoms with Crippen LogP contribution in [0.15, 0.2) is 48.0 Å². The Labute approximate surface area is 278 Å². The van der Waals surface area contributed by atoms with Gasteiger partial charge in [-0.3, -0.25) is 44.3 Å². The number of benzene rings is 2. The molecule has 46 heavy (non-hydrogen) atoms. The number of carbonyl (C=O) groups is 4. The van der Waals surface area contributed by atoms with Crippen molar-refractivity contribution in [3.8, 4) is 5.75 Å². The van der Waals surface area contributed by atoms with Crippen molar-refractivity contribution in [3.05, 3.63) is 73.8 Å². The van der Waals surface area contributed by atoms with Crippen molar-refractivity contribution in [2.45, 2.75) is 28.5 Å². The maximum atomic E-state index is 14.3. The fourth-order valence-electron chi connectivity index (χ4n) is 7.54. The number of phenolic OH excluding ortho intramolecular Hbond substituents is 1. The van der Waals surface area contributed by atoms with Gasteiger partial charge in [-0.1, -0.05) is 39.7 Å². The lowest BCUT2D eigenvalue weighted by Crippen LogP contribution is -2.60. The smallest absolute Gasteiger partial charge is 0.301 e. The zero-order chi connectivity index (χ0) is 33.6. The second-order valence-electron chi connectivity index (χ2n) is 11.8. The molecule has 14 nitrogen and oxygen atoms in total. The van der Waals surface area contributed by atoms with Crippen molar-refractivity contribution in [2.24, 2.45) is 17.8 Å². The fourth-order valence-corrected chi connectivity index (χ4v) is 8.97. The van der Waals surface area contributed by atoms with Crippen molar-refractivity contribution < 1.29 is 34.1 Å². The molecule has 4 amide bonds. The number of aromatic hydroxyl groups is 1. The Morgan fingerprint density at radius 1 is 1.00 bits per heavy atom. The lowest BCUT2D eigenvalue weighted by Gasteiger charge is -2.50. The van der Waals surface area contributed by atoms with Crippen molar-refractivity contribution >= 4 is 85.5 Å². The van der Waals surface area contributed by atoms with Gasteiger partial charge >= 0.3 is 11.4 Å². The van der Waals surface area contributed by atoms with E-state index >= 15 is 0 Å². The highest BCUT2D eigenvalue weighted by Gasteiger charge is 2.76. The highest BCUT2D eigenvalue weighted by atomic mass is 79.9. The third kappa shape index (κ3) is 4.14. The summed E-state index contributed by atoms with van der Waals surface area (Å²) in [4.78, 5) is 76.7. The molecular weight excluding hydrogens is 713 g/mol. The van der Waals surface area contributed by atoms with Crippen molar-refractivity contribution in [3.63, 3.8) is 0 Å². The highest BCUT2D eigenvalue weighted by molar-refractivity contribution is 9.09. The quantitative estimate of drug-likeness (QED) is 0.113. The molecule has 0 bridgehead atoms. The maximum Gasteiger partial charge on any atom is 0.301 e. The first-order valence-corrected chi connectivity index (χ1v) is 15.8. The average molecular weight is 737 g/mol. The normalized spacial score (nSPS) is 30.2. The molecule has 2 aromatic carbocycles. The van der Waals surface area contributed by atoms with Gasteiger partial charge in [0.25, 0.3) is 11.8 Å². The Bertz CT molecular complexity index is 1790. The van der Waals surface area contributed by atoms with Crippen LogP contribution in [0, 0.1) is 38.0 Å². The van der Waals surface area contributed by atoms with Crippen LogP contribution in [-0.4, -0.2) is 72.8 Å². The molecule has 2 aliphatic carbocycles. The third-order valence-corrected chi connectivity index (χ3v) is 11.3. The Kier molecular flexibility index (Phi) is 7.44. The number of fused-ring (bicyclic) bond motifs is 4. The Balaban J connectivity index is 1.51. The van der Waals surface area contributed by atoms with Crippen LogP contribution in [0.2, 0.25) is 0 Å². The molecule has 2 heterocycles. The average Bonchev–Trinajstić information content (AvgIpc) is 3.33. The minimum Gasteiger partial charge on any atom is -0.508 e. The van der Waals surface area contributed by atoms with E-state index in [0.717, 1.165) is 17.0 Å². The second kappa shape index (κ2) is 10.7. The molecule has 17 heteroatoms. The number of likely N-dealkylation sites (tertiary alicyclic amines) is 1. The Hall–Kier alpha value is -4.08. The van der Waals surface area contributed by atoms with E-state index in [4.69, 9.17) is 23.2 Å². The van der Waals surface area contributed by atoms with Crippen LogP contribution < -0.4 is 9.80 Å². The summed E-state index contributed by atoms with van der Waals surface area (Å²) in [6.45, 7) is 0. The number of rotatable bonds is 6. The predicted molar refractivity (Wildman–Crippen MR) is 168 cm³/mol. The maximum absolute atomic E-state index is 14.3. The van der Waals surface area contributed by atoms with Crippen molar-refractivity contribution in [1.29, 1.82) is 0 Å². The lowest BCUT2D eigenvalue weighted by atomic mass is 9.56. The number of alkyl halides is 3. The van der Waals surface area contributed by atoms with Gasteiger partial charge in [0.2, 0.25) is 11.8 Å². The van der Waals surface area contributed by atoms with Crippen LogP contribution in [0.25, 0.3) is 0 Å². The SMILES string of the molecule is CN(C)c1c([N+](=O)[O-])cc(N2C(=O)C3CC=C4C(CC5(Cl)C(=O)N(CBr)C(=O)C5(Cl)C4c4cccc(O)c4)C3C2=O)cc1[N+](=O)[O-]. The van der Waals surface area contributed by atoms with Crippen LogP contribution in [0.4, 0.5) is 22.7 Å². The fraction of sp³-hybridized carbons (Fsp3) is 0.379. The largest absolute Gasteiger partial charge is 0.508 e. The third-order valence-electron chi connectivity index (χ3n) is 9.37. The molecule has 240 valence electrons. The zero-order valence-corrected chi connectivity index (χ0v) is 27.2. The molecular formula is C29H24BrCl2N5O9. The van der Waals surface area contributed by atoms with Gasteiger partial charge < -0.3 is 10.0 Å². The summed E-state index contributed by atoms with van der Waals surface area (Å²) in [5.74, 6) is -7.38. The minimum atomic E-state index is -2.07. The number of nitrogens with zero attached hydrogens (tertiary/aromatic N) is 5. The number of anilines is 2. The Morgan fingerprint density at radius 3 is 2.17 bits per heavy atom. The summed E-state index contributed by atoms with van der Waals surface area (Å²) < 4.78 is 0. The summed E-state index contributed by atoms with van der Waals surface area (Å²) >= 11 is 17.4. The van der Waals surface area contributed by atoms with Crippen molar-refractivity contribution in [2.75, 3.05) is 29.3 Å². The van der Waals surface area contributed by atoms with Crippen LogP contribution in [0.5, 0.6) is 5.75 Å². The van der Waals surface area contributed by atoms with E-state index in [0.29, 0.717) is 16.0 Å². The van der Waals surface area contributed by atoms with Gasteiger partial charge in [0, 0.05) is 32.1 Å². The van der Waals surface area contributed by atoms with E-state index in [-0.39, 0.29) is 35.4 Å². The number of hydrogen-bond donors (Lipinski definition) is 1. The molecule has 0 radical (unpaired) electrons. The first-order valence-electron chi connectivity index (χ1n) is 13.9. The van der Waals surface area contributed by atoms with E-state index in [1.54, 1.807) is 12.1 Å². The topological polar surface area (TPSA) is 185 Å². The number of amides is 4. The summed E-state index contributed by atoms with van der Waals surface area (Å²) in [5.41, 5.74) is -1.40.